The van der Waals surface area contributed by atoms with Gasteiger partial charge in [0.2, 0.25) is 5.91 Å². The molecule has 0 radical (unpaired) electrons. The molecule has 0 spiro atoms. The van der Waals surface area contributed by atoms with Crippen molar-refractivity contribution >= 4 is 33.5 Å². The highest BCUT2D eigenvalue weighted by atomic mass is 79.9. The van der Waals surface area contributed by atoms with Crippen molar-refractivity contribution in [2.45, 2.75) is 19.3 Å². The summed E-state index contributed by atoms with van der Waals surface area (Å²) in [5.74, 6) is -2.03. The Bertz CT molecular complexity index is 475. The summed E-state index contributed by atoms with van der Waals surface area (Å²) in [6.07, 6.45) is 2.04. The third-order valence-corrected chi connectivity index (χ3v) is 3.76. The highest BCUT2D eigenvalue weighted by molar-refractivity contribution is 9.10. The summed E-state index contributed by atoms with van der Waals surface area (Å²) in [5.41, 5.74) is 0.686. The molecule has 96 valence electrons. The number of carbonyl (C=O) groups is 2. The van der Waals surface area contributed by atoms with Gasteiger partial charge in [-0.1, -0.05) is 28.4 Å². The van der Waals surface area contributed by atoms with E-state index in [1.165, 1.54) is 0 Å². The van der Waals surface area contributed by atoms with Crippen molar-refractivity contribution in [2.75, 3.05) is 5.32 Å². The predicted octanol–water partition coefficient (Wildman–Crippen LogP) is 2.89. The van der Waals surface area contributed by atoms with Gasteiger partial charge >= 0.3 is 5.97 Å². The Morgan fingerprint density at radius 1 is 1.28 bits per heavy atom. The maximum Gasteiger partial charge on any atom is 0.307 e. The Balaban J connectivity index is 2.06. The van der Waals surface area contributed by atoms with Gasteiger partial charge in [-0.3, -0.25) is 9.59 Å². The lowest BCUT2D eigenvalue weighted by molar-refractivity contribution is -0.145. The molecule has 1 saturated carbocycles. The van der Waals surface area contributed by atoms with E-state index in [9.17, 15) is 9.59 Å². The average molecular weight is 312 g/mol. The van der Waals surface area contributed by atoms with E-state index in [4.69, 9.17) is 5.11 Å². The van der Waals surface area contributed by atoms with E-state index < -0.39 is 17.8 Å². The number of hydrogen-bond acceptors (Lipinski definition) is 2. The molecule has 1 aliphatic carbocycles. The van der Waals surface area contributed by atoms with Crippen LogP contribution in [0.4, 0.5) is 5.69 Å². The summed E-state index contributed by atoms with van der Waals surface area (Å²) < 4.78 is 0.876. The summed E-state index contributed by atoms with van der Waals surface area (Å²) in [4.78, 5) is 23.1. The second kappa shape index (κ2) is 5.52. The molecule has 1 fully saturated rings. The third-order valence-electron chi connectivity index (χ3n) is 3.26. The van der Waals surface area contributed by atoms with E-state index >= 15 is 0 Å². The van der Waals surface area contributed by atoms with E-state index in [0.717, 1.165) is 10.9 Å². The Morgan fingerprint density at radius 2 is 2.00 bits per heavy atom. The summed E-state index contributed by atoms with van der Waals surface area (Å²) in [6, 6.07) is 7.27. The van der Waals surface area contributed by atoms with Crippen molar-refractivity contribution in [1.29, 1.82) is 0 Å². The molecule has 2 rings (SSSR count). The van der Waals surface area contributed by atoms with Gasteiger partial charge in [-0.15, -0.1) is 0 Å². The summed E-state index contributed by atoms with van der Waals surface area (Å²) in [5, 5.41) is 11.8. The fourth-order valence-electron chi connectivity index (χ4n) is 2.37. The topological polar surface area (TPSA) is 66.4 Å². The fourth-order valence-corrected chi connectivity index (χ4v) is 2.77. The number of anilines is 1. The lowest BCUT2D eigenvalue weighted by Crippen LogP contribution is -2.29. The SMILES string of the molecule is O=C(O)[C@H]1CCC[C@H]1C(=O)Nc1cccc(Br)c1. The molecular weight excluding hydrogens is 298 g/mol. The molecule has 1 aromatic rings. The quantitative estimate of drug-likeness (QED) is 0.902. The first kappa shape index (κ1) is 13.1. The van der Waals surface area contributed by atoms with Crippen LogP contribution in [0.5, 0.6) is 0 Å². The van der Waals surface area contributed by atoms with Crippen molar-refractivity contribution in [2.24, 2.45) is 11.8 Å². The van der Waals surface area contributed by atoms with Crippen LogP contribution < -0.4 is 5.32 Å². The molecule has 0 aliphatic heterocycles. The lowest BCUT2D eigenvalue weighted by Gasteiger charge is -2.15. The second-order valence-electron chi connectivity index (χ2n) is 4.48. The molecule has 0 aromatic heterocycles. The van der Waals surface area contributed by atoms with Gasteiger partial charge in [0.25, 0.3) is 0 Å². The number of hydrogen-bond donors (Lipinski definition) is 2. The van der Waals surface area contributed by atoms with Crippen LogP contribution in [-0.2, 0) is 9.59 Å². The molecule has 2 N–H and O–H groups in total. The van der Waals surface area contributed by atoms with E-state index in [1.54, 1.807) is 12.1 Å². The number of rotatable bonds is 3. The van der Waals surface area contributed by atoms with Gasteiger partial charge in [-0.05, 0) is 31.0 Å². The summed E-state index contributed by atoms with van der Waals surface area (Å²) in [7, 11) is 0. The van der Waals surface area contributed by atoms with Gasteiger partial charge in [0, 0.05) is 10.2 Å². The van der Waals surface area contributed by atoms with Crippen molar-refractivity contribution in [1.82, 2.24) is 0 Å². The Hall–Kier alpha value is -1.36. The first-order valence-electron chi connectivity index (χ1n) is 5.87. The number of amides is 1. The molecule has 1 aromatic carbocycles. The Kier molecular flexibility index (Phi) is 4.01. The first-order valence-corrected chi connectivity index (χ1v) is 6.66. The van der Waals surface area contributed by atoms with Gasteiger partial charge in [0.1, 0.15) is 0 Å². The standard InChI is InChI=1S/C13H14BrNO3/c14-8-3-1-4-9(7-8)15-12(16)10-5-2-6-11(10)13(17)18/h1,3-4,7,10-11H,2,5-6H2,(H,15,16)(H,17,18)/t10-,11+/m1/s1. The third kappa shape index (κ3) is 2.90. The molecule has 1 amide bonds. The predicted molar refractivity (Wildman–Crippen MR) is 71.2 cm³/mol. The minimum atomic E-state index is -0.873. The molecule has 18 heavy (non-hydrogen) atoms. The number of aliphatic carboxylic acids is 1. The van der Waals surface area contributed by atoms with Gasteiger partial charge < -0.3 is 10.4 Å². The van der Waals surface area contributed by atoms with E-state index in [-0.39, 0.29) is 5.91 Å². The monoisotopic (exact) mass is 311 g/mol. The van der Waals surface area contributed by atoms with Crippen molar-refractivity contribution < 1.29 is 14.7 Å². The average Bonchev–Trinajstić information content (AvgIpc) is 2.77. The minimum Gasteiger partial charge on any atom is -0.481 e. The molecule has 0 unspecified atom stereocenters. The van der Waals surface area contributed by atoms with Gasteiger partial charge in [-0.2, -0.15) is 0 Å². The number of carboxylic acids is 1. The highest BCUT2D eigenvalue weighted by Crippen LogP contribution is 2.33. The maximum atomic E-state index is 12.1. The van der Waals surface area contributed by atoms with E-state index in [1.807, 2.05) is 12.1 Å². The first-order chi connectivity index (χ1) is 8.58. The highest BCUT2D eigenvalue weighted by Gasteiger charge is 2.37. The number of nitrogens with one attached hydrogen (secondary N) is 1. The largest absolute Gasteiger partial charge is 0.481 e. The smallest absolute Gasteiger partial charge is 0.307 e. The van der Waals surface area contributed by atoms with Crippen LogP contribution in [0.2, 0.25) is 0 Å². The summed E-state index contributed by atoms with van der Waals surface area (Å²) in [6.45, 7) is 0. The number of halogens is 1. The van der Waals surface area contributed by atoms with Crippen LogP contribution in [0.3, 0.4) is 0 Å². The zero-order valence-corrected chi connectivity index (χ0v) is 11.3. The zero-order valence-electron chi connectivity index (χ0n) is 9.73. The molecule has 1 aliphatic rings. The minimum absolute atomic E-state index is 0.196. The molecular formula is C13H14BrNO3. The zero-order chi connectivity index (χ0) is 13.1. The second-order valence-corrected chi connectivity index (χ2v) is 5.40. The normalized spacial score (nSPS) is 22.7. The summed E-state index contributed by atoms with van der Waals surface area (Å²) >= 11 is 3.33. The number of carboxylic acid groups (broad SMARTS) is 1. The molecule has 0 bridgehead atoms. The lowest BCUT2D eigenvalue weighted by atomic mass is 9.95. The molecule has 2 atom stereocenters. The van der Waals surface area contributed by atoms with Gasteiger partial charge in [0.05, 0.1) is 11.8 Å². The van der Waals surface area contributed by atoms with Crippen LogP contribution in [0, 0.1) is 11.8 Å². The Morgan fingerprint density at radius 3 is 2.67 bits per heavy atom. The molecule has 0 saturated heterocycles. The van der Waals surface area contributed by atoms with Crippen LogP contribution in [-0.4, -0.2) is 17.0 Å². The van der Waals surface area contributed by atoms with Crippen molar-refractivity contribution in [3.63, 3.8) is 0 Å². The van der Waals surface area contributed by atoms with Crippen molar-refractivity contribution in [3.8, 4) is 0 Å². The van der Waals surface area contributed by atoms with E-state index in [2.05, 4.69) is 21.2 Å². The number of benzene rings is 1. The molecule has 5 heteroatoms. The maximum absolute atomic E-state index is 12.1. The van der Waals surface area contributed by atoms with Crippen LogP contribution in [0.25, 0.3) is 0 Å². The van der Waals surface area contributed by atoms with Gasteiger partial charge in [-0.25, -0.2) is 0 Å². The van der Waals surface area contributed by atoms with Crippen LogP contribution in [0.1, 0.15) is 19.3 Å². The van der Waals surface area contributed by atoms with Crippen LogP contribution >= 0.6 is 15.9 Å². The molecule has 0 heterocycles. The van der Waals surface area contributed by atoms with E-state index in [0.29, 0.717) is 18.5 Å². The fraction of sp³-hybridized carbons (Fsp3) is 0.385. The van der Waals surface area contributed by atoms with Gasteiger partial charge in [0.15, 0.2) is 0 Å². The molecule has 4 nitrogen and oxygen atoms in total. The van der Waals surface area contributed by atoms with Crippen molar-refractivity contribution in [3.05, 3.63) is 28.7 Å². The van der Waals surface area contributed by atoms with Crippen LogP contribution in [0.15, 0.2) is 28.7 Å². The Labute approximate surface area is 114 Å². The number of carbonyl (C=O) groups excluding carboxylic acids is 1.